The molecule has 5 aliphatic heterocycles. The number of aromatic nitrogens is 3. The highest BCUT2D eigenvalue weighted by molar-refractivity contribution is 5.66. The Hall–Kier alpha value is -3.23. The molecule has 0 amide bonds. The van der Waals surface area contributed by atoms with Crippen LogP contribution in [0, 0.1) is 6.92 Å². The van der Waals surface area contributed by atoms with Crippen molar-refractivity contribution in [2.75, 3.05) is 54.4 Å². The van der Waals surface area contributed by atoms with Crippen LogP contribution in [0.3, 0.4) is 0 Å². The van der Waals surface area contributed by atoms with Gasteiger partial charge in [-0.15, -0.1) is 0 Å². The highest BCUT2D eigenvalue weighted by Gasteiger charge is 2.39. The van der Waals surface area contributed by atoms with Crippen LogP contribution in [-0.2, 0) is 4.74 Å². The minimum Gasteiger partial charge on any atom is -0.374 e. The average Bonchev–Trinajstić information content (AvgIpc) is 3.43. The predicted molar refractivity (Wildman–Crippen MR) is 142 cm³/mol. The lowest BCUT2D eigenvalue weighted by Gasteiger charge is -2.34. The molecule has 4 bridgehead atoms. The van der Waals surface area contributed by atoms with E-state index in [1.165, 1.54) is 43.7 Å². The fraction of sp³-hybridized carbons (Fsp3) is 0.464. The molecular weight excluding hydrogens is 450 g/mol. The number of hydrogen-bond acceptors (Lipinski definition) is 8. The monoisotopic (exact) mass is 483 g/mol. The first-order chi connectivity index (χ1) is 17.7. The molecule has 0 radical (unpaired) electrons. The van der Waals surface area contributed by atoms with Gasteiger partial charge in [0.05, 0.1) is 24.4 Å². The number of morpholine rings is 1. The average molecular weight is 484 g/mol. The lowest BCUT2D eigenvalue weighted by molar-refractivity contribution is 0.0989. The summed E-state index contributed by atoms with van der Waals surface area (Å²) >= 11 is 0. The Bertz CT molecular complexity index is 1240. The number of pyridine rings is 1. The lowest BCUT2D eigenvalue weighted by atomic mass is 10.0. The third-order valence-corrected chi connectivity index (χ3v) is 8.31. The lowest BCUT2D eigenvalue weighted by Crippen LogP contribution is -2.38. The van der Waals surface area contributed by atoms with Crippen molar-refractivity contribution in [1.82, 2.24) is 19.9 Å². The standard InChI is InChI=1S/C28H33N7O/c1-19-14-21(3-4-26(19)34-13-12-33-10-7-22(34)8-11-33)31-28-29-9-6-25(32-28)20-2-5-27(30-16-20)35-17-24-15-23(35)18-36-24/h2-6,9,14,16,22-24H,7-8,10-13,15,17-18H2,1H3,(H,29,31,32). The molecule has 8 nitrogen and oxygen atoms in total. The Morgan fingerprint density at radius 2 is 1.86 bits per heavy atom. The maximum atomic E-state index is 5.72. The zero-order valence-electron chi connectivity index (χ0n) is 20.8. The van der Waals surface area contributed by atoms with Gasteiger partial charge in [0.25, 0.3) is 0 Å². The number of nitrogens with zero attached hydrogens (tertiary/aromatic N) is 6. The maximum absolute atomic E-state index is 5.72. The van der Waals surface area contributed by atoms with E-state index in [0.717, 1.165) is 48.9 Å². The second kappa shape index (κ2) is 9.01. The van der Waals surface area contributed by atoms with Crippen molar-refractivity contribution in [2.24, 2.45) is 0 Å². The van der Waals surface area contributed by atoms with Crippen molar-refractivity contribution in [3.05, 3.63) is 54.4 Å². The number of nitrogens with one attached hydrogen (secondary N) is 1. The van der Waals surface area contributed by atoms with Crippen LogP contribution in [0.5, 0.6) is 0 Å². The number of rotatable bonds is 5. The zero-order valence-corrected chi connectivity index (χ0v) is 20.8. The molecule has 2 unspecified atom stereocenters. The minimum absolute atomic E-state index is 0.363. The highest BCUT2D eigenvalue weighted by atomic mass is 16.5. The van der Waals surface area contributed by atoms with Crippen LogP contribution in [0.1, 0.15) is 24.8 Å². The highest BCUT2D eigenvalue weighted by Crippen LogP contribution is 2.33. The van der Waals surface area contributed by atoms with Gasteiger partial charge in [0.2, 0.25) is 5.95 Å². The molecule has 2 atom stereocenters. The van der Waals surface area contributed by atoms with Gasteiger partial charge >= 0.3 is 0 Å². The first-order valence-corrected chi connectivity index (χ1v) is 13.2. The second-order valence-corrected chi connectivity index (χ2v) is 10.6. The van der Waals surface area contributed by atoms with Crippen LogP contribution in [0.25, 0.3) is 11.3 Å². The first-order valence-electron chi connectivity index (χ1n) is 13.2. The molecule has 1 N–H and O–H groups in total. The van der Waals surface area contributed by atoms with Crippen LogP contribution in [-0.4, -0.2) is 77.4 Å². The summed E-state index contributed by atoms with van der Waals surface area (Å²) in [5.74, 6) is 1.62. The maximum Gasteiger partial charge on any atom is 0.227 e. The van der Waals surface area contributed by atoms with Gasteiger partial charge in [-0.1, -0.05) is 0 Å². The largest absolute Gasteiger partial charge is 0.374 e. The van der Waals surface area contributed by atoms with Crippen LogP contribution in [0.2, 0.25) is 0 Å². The Kier molecular flexibility index (Phi) is 5.51. The molecule has 8 rings (SSSR count). The van der Waals surface area contributed by atoms with E-state index in [1.807, 2.05) is 12.3 Å². The smallest absolute Gasteiger partial charge is 0.227 e. The molecule has 3 aromatic rings. The molecule has 1 aromatic carbocycles. The van der Waals surface area contributed by atoms with Crippen molar-refractivity contribution in [1.29, 1.82) is 0 Å². The van der Waals surface area contributed by atoms with Crippen molar-refractivity contribution in [3.8, 4) is 11.3 Å². The molecule has 2 aromatic heterocycles. The number of fused-ring (bicyclic) bond motifs is 6. The minimum atomic E-state index is 0.363. The van der Waals surface area contributed by atoms with E-state index in [0.29, 0.717) is 24.1 Å². The van der Waals surface area contributed by atoms with E-state index in [-0.39, 0.29) is 0 Å². The topological polar surface area (TPSA) is 69.6 Å². The van der Waals surface area contributed by atoms with Gasteiger partial charge in [-0.05, 0) is 68.1 Å². The van der Waals surface area contributed by atoms with Gasteiger partial charge in [-0.2, -0.15) is 0 Å². The van der Waals surface area contributed by atoms with Gasteiger partial charge in [0.1, 0.15) is 5.82 Å². The molecule has 36 heavy (non-hydrogen) atoms. The summed E-state index contributed by atoms with van der Waals surface area (Å²) in [6.45, 7) is 8.71. The van der Waals surface area contributed by atoms with Crippen molar-refractivity contribution < 1.29 is 4.74 Å². The number of aryl methyl sites for hydroxylation is 1. The van der Waals surface area contributed by atoms with Gasteiger partial charge in [0, 0.05) is 68.1 Å². The van der Waals surface area contributed by atoms with Crippen molar-refractivity contribution in [3.63, 3.8) is 0 Å². The fourth-order valence-corrected chi connectivity index (χ4v) is 6.36. The van der Waals surface area contributed by atoms with Gasteiger partial charge < -0.3 is 24.8 Å². The number of hydrogen-bond donors (Lipinski definition) is 1. The summed E-state index contributed by atoms with van der Waals surface area (Å²) in [6, 6.07) is 13.9. The Balaban J connectivity index is 1.06. The summed E-state index contributed by atoms with van der Waals surface area (Å²) in [7, 11) is 0. The molecule has 7 heterocycles. The normalized spacial score (nSPS) is 26.9. The molecule has 5 aliphatic rings. The molecule has 0 aliphatic carbocycles. The van der Waals surface area contributed by atoms with Crippen LogP contribution >= 0.6 is 0 Å². The van der Waals surface area contributed by atoms with Crippen LogP contribution < -0.4 is 15.1 Å². The molecule has 5 saturated heterocycles. The van der Waals surface area contributed by atoms with Crippen molar-refractivity contribution >= 4 is 23.1 Å². The third kappa shape index (κ3) is 4.08. The molecule has 186 valence electrons. The predicted octanol–water partition coefficient (Wildman–Crippen LogP) is 3.85. The Morgan fingerprint density at radius 1 is 0.944 bits per heavy atom. The number of benzene rings is 1. The van der Waals surface area contributed by atoms with Crippen molar-refractivity contribution in [2.45, 2.75) is 44.4 Å². The fourth-order valence-electron chi connectivity index (χ4n) is 6.36. The van der Waals surface area contributed by atoms with Gasteiger partial charge in [0.15, 0.2) is 0 Å². The van der Waals surface area contributed by atoms with Gasteiger partial charge in [-0.25, -0.2) is 15.0 Å². The zero-order chi connectivity index (χ0) is 24.1. The molecule has 5 fully saturated rings. The molecule has 0 saturated carbocycles. The molecule has 0 spiro atoms. The summed E-state index contributed by atoms with van der Waals surface area (Å²) in [5, 5.41) is 3.41. The summed E-state index contributed by atoms with van der Waals surface area (Å²) in [4.78, 5) is 21.6. The molecular formula is C28H33N7O. The second-order valence-electron chi connectivity index (χ2n) is 10.6. The van der Waals surface area contributed by atoms with Crippen LogP contribution in [0.15, 0.2) is 48.8 Å². The van der Waals surface area contributed by atoms with E-state index in [1.54, 1.807) is 6.20 Å². The number of piperidine rings is 1. The quantitative estimate of drug-likeness (QED) is 0.587. The van der Waals surface area contributed by atoms with E-state index in [4.69, 9.17) is 14.7 Å². The number of anilines is 4. The summed E-state index contributed by atoms with van der Waals surface area (Å²) < 4.78 is 5.72. The first kappa shape index (κ1) is 22.0. The summed E-state index contributed by atoms with van der Waals surface area (Å²) in [5.41, 5.74) is 5.51. The van der Waals surface area contributed by atoms with E-state index < -0.39 is 0 Å². The Labute approximate surface area is 212 Å². The number of ether oxygens (including phenoxy) is 1. The SMILES string of the molecule is Cc1cc(Nc2nccc(-c3ccc(N4CC5CC4CO5)nc3)n2)ccc1N1CCN2CCC1CC2. The van der Waals surface area contributed by atoms with Crippen LogP contribution in [0.4, 0.5) is 23.1 Å². The van der Waals surface area contributed by atoms with E-state index in [2.05, 4.69) is 62.3 Å². The Morgan fingerprint density at radius 3 is 2.61 bits per heavy atom. The van der Waals surface area contributed by atoms with E-state index in [9.17, 15) is 0 Å². The van der Waals surface area contributed by atoms with Gasteiger partial charge in [-0.3, -0.25) is 0 Å². The third-order valence-electron chi connectivity index (χ3n) is 8.31. The van der Waals surface area contributed by atoms with E-state index >= 15 is 0 Å². The molecule has 8 heteroatoms. The summed E-state index contributed by atoms with van der Waals surface area (Å²) in [6.07, 6.45) is 7.73.